The number of non-ortho nitro benzene ring substituents is 1. The minimum Gasteiger partial charge on any atom is -0.399 e. The van der Waals surface area contributed by atoms with Gasteiger partial charge in [0.1, 0.15) is 0 Å². The van der Waals surface area contributed by atoms with Crippen LogP contribution >= 0.6 is 0 Å². The highest BCUT2D eigenvalue weighted by Gasteiger charge is 2.15. The molecular weight excluding hydrogens is 276 g/mol. The van der Waals surface area contributed by atoms with E-state index in [-0.39, 0.29) is 10.6 Å². The molecule has 0 spiro atoms. The molecule has 1 atom stereocenters. The molecule has 0 aliphatic carbocycles. The molecule has 0 fully saturated rings. The van der Waals surface area contributed by atoms with Gasteiger partial charge in [-0.05, 0) is 47.9 Å². The van der Waals surface area contributed by atoms with E-state index in [9.17, 15) is 10.1 Å². The lowest BCUT2D eigenvalue weighted by molar-refractivity contribution is -0.384. The molecule has 116 valence electrons. The first-order valence-corrected chi connectivity index (χ1v) is 7.53. The Kier molecular flexibility index (Phi) is 5.15. The molecule has 22 heavy (non-hydrogen) atoms. The summed E-state index contributed by atoms with van der Waals surface area (Å²) in [6.07, 6.45) is 1.90. The Bertz CT molecular complexity index is 619. The minimum absolute atomic E-state index is 0.142. The van der Waals surface area contributed by atoms with E-state index in [1.807, 2.05) is 24.3 Å². The Morgan fingerprint density at radius 2 is 1.41 bits per heavy atom. The van der Waals surface area contributed by atoms with Crippen molar-refractivity contribution in [2.45, 2.75) is 26.7 Å². The fraction of sp³-hybridized carbons (Fsp3) is 0.333. The predicted molar refractivity (Wildman–Crippen MR) is 89.7 cm³/mol. The second kappa shape index (κ2) is 7.07. The molecule has 4 nitrogen and oxygen atoms in total. The van der Waals surface area contributed by atoms with Gasteiger partial charge in [-0.1, -0.05) is 38.1 Å². The molecule has 2 N–H and O–H groups in total. The number of hydrogen-bond acceptors (Lipinski definition) is 3. The Morgan fingerprint density at radius 3 is 1.82 bits per heavy atom. The molecule has 0 aliphatic heterocycles. The summed E-state index contributed by atoms with van der Waals surface area (Å²) in [4.78, 5) is 10.3. The van der Waals surface area contributed by atoms with E-state index < -0.39 is 0 Å². The summed E-state index contributed by atoms with van der Waals surface area (Å²) >= 11 is 0. The number of rotatable bonds is 6. The molecule has 1 unspecified atom stereocenters. The molecule has 0 aliphatic rings. The van der Waals surface area contributed by atoms with Crippen LogP contribution in [0.5, 0.6) is 0 Å². The quantitative estimate of drug-likeness (QED) is 0.493. The molecule has 2 aromatic carbocycles. The van der Waals surface area contributed by atoms with Gasteiger partial charge in [0.2, 0.25) is 0 Å². The van der Waals surface area contributed by atoms with Crippen molar-refractivity contribution in [2.75, 3.05) is 5.73 Å². The molecule has 4 heteroatoms. The Hall–Kier alpha value is -2.36. The summed E-state index contributed by atoms with van der Waals surface area (Å²) < 4.78 is 0. The molecular formula is C18H22N2O2. The highest BCUT2D eigenvalue weighted by molar-refractivity contribution is 5.39. The summed E-state index contributed by atoms with van der Waals surface area (Å²) in [5, 5.41) is 10.7. The number of nitrogens with two attached hydrogens (primary N) is 1. The van der Waals surface area contributed by atoms with Crippen LogP contribution in [0.25, 0.3) is 0 Å². The third-order valence-electron chi connectivity index (χ3n) is 4.07. The summed E-state index contributed by atoms with van der Waals surface area (Å²) in [5.74, 6) is 1.03. The zero-order valence-electron chi connectivity index (χ0n) is 13.0. The molecule has 0 radical (unpaired) electrons. The monoisotopic (exact) mass is 298 g/mol. The highest BCUT2D eigenvalue weighted by Crippen LogP contribution is 2.23. The van der Waals surface area contributed by atoms with E-state index in [0.29, 0.717) is 11.8 Å². The van der Waals surface area contributed by atoms with Crippen molar-refractivity contribution in [3.05, 3.63) is 69.8 Å². The standard InChI is InChI=1S/C18H22N2O2/c1-13(2)16(11-14-3-7-17(19)8-4-14)12-15-5-9-18(10-6-15)20(21)22/h3-10,13,16H,11-12,19H2,1-2H3. The predicted octanol–water partition coefficient (Wildman–Crippen LogP) is 4.23. The Morgan fingerprint density at radius 1 is 0.955 bits per heavy atom. The van der Waals surface area contributed by atoms with Crippen LogP contribution in [0, 0.1) is 22.0 Å². The Balaban J connectivity index is 2.08. The van der Waals surface area contributed by atoms with Crippen molar-refractivity contribution in [3.63, 3.8) is 0 Å². The molecule has 0 saturated heterocycles. The normalized spacial score (nSPS) is 12.3. The van der Waals surface area contributed by atoms with Crippen molar-refractivity contribution < 1.29 is 4.92 Å². The molecule has 0 heterocycles. The van der Waals surface area contributed by atoms with Gasteiger partial charge in [-0.25, -0.2) is 0 Å². The van der Waals surface area contributed by atoms with Crippen LogP contribution < -0.4 is 5.73 Å². The topological polar surface area (TPSA) is 69.2 Å². The van der Waals surface area contributed by atoms with Gasteiger partial charge < -0.3 is 5.73 Å². The maximum absolute atomic E-state index is 10.7. The van der Waals surface area contributed by atoms with Crippen LogP contribution in [0.4, 0.5) is 11.4 Å². The molecule has 0 saturated carbocycles. The summed E-state index contributed by atoms with van der Waals surface area (Å²) in [6, 6.07) is 14.9. The molecule has 0 amide bonds. The van der Waals surface area contributed by atoms with Crippen LogP contribution in [0.3, 0.4) is 0 Å². The van der Waals surface area contributed by atoms with Crippen molar-refractivity contribution in [1.82, 2.24) is 0 Å². The van der Waals surface area contributed by atoms with Gasteiger partial charge in [0.05, 0.1) is 4.92 Å². The second-order valence-electron chi connectivity index (χ2n) is 6.08. The van der Waals surface area contributed by atoms with Gasteiger partial charge in [-0.2, -0.15) is 0 Å². The molecule has 0 aromatic heterocycles. The smallest absolute Gasteiger partial charge is 0.269 e. The first kappa shape index (κ1) is 16.0. The average Bonchev–Trinajstić information content (AvgIpc) is 2.49. The lowest BCUT2D eigenvalue weighted by Crippen LogP contribution is -2.15. The first-order chi connectivity index (χ1) is 10.5. The summed E-state index contributed by atoms with van der Waals surface area (Å²) in [7, 11) is 0. The highest BCUT2D eigenvalue weighted by atomic mass is 16.6. The maximum Gasteiger partial charge on any atom is 0.269 e. The fourth-order valence-electron chi connectivity index (χ4n) is 2.56. The molecule has 0 bridgehead atoms. The van der Waals surface area contributed by atoms with Crippen LogP contribution in [0.2, 0.25) is 0 Å². The van der Waals surface area contributed by atoms with Gasteiger partial charge >= 0.3 is 0 Å². The van der Waals surface area contributed by atoms with E-state index >= 15 is 0 Å². The fourth-order valence-corrected chi connectivity index (χ4v) is 2.56. The second-order valence-corrected chi connectivity index (χ2v) is 6.08. The number of hydrogen-bond donors (Lipinski definition) is 1. The zero-order chi connectivity index (χ0) is 16.1. The van der Waals surface area contributed by atoms with Gasteiger partial charge in [0.15, 0.2) is 0 Å². The van der Waals surface area contributed by atoms with Crippen LogP contribution in [0.15, 0.2) is 48.5 Å². The number of anilines is 1. The lowest BCUT2D eigenvalue weighted by Gasteiger charge is -2.21. The molecule has 2 aromatic rings. The maximum atomic E-state index is 10.7. The number of nitro groups is 1. The summed E-state index contributed by atoms with van der Waals surface area (Å²) in [5.41, 5.74) is 9.06. The summed E-state index contributed by atoms with van der Waals surface area (Å²) in [6.45, 7) is 4.43. The lowest BCUT2D eigenvalue weighted by atomic mass is 9.84. The SMILES string of the molecule is CC(C)C(Cc1ccc(N)cc1)Cc1ccc([N+](=O)[O-])cc1. The largest absolute Gasteiger partial charge is 0.399 e. The van der Waals surface area contributed by atoms with Crippen molar-refractivity contribution in [1.29, 1.82) is 0 Å². The van der Waals surface area contributed by atoms with Crippen LogP contribution in [0.1, 0.15) is 25.0 Å². The van der Waals surface area contributed by atoms with Gasteiger partial charge in [-0.3, -0.25) is 10.1 Å². The van der Waals surface area contributed by atoms with Crippen molar-refractivity contribution >= 4 is 11.4 Å². The van der Waals surface area contributed by atoms with E-state index in [2.05, 4.69) is 26.0 Å². The van der Waals surface area contributed by atoms with Crippen molar-refractivity contribution in [2.24, 2.45) is 11.8 Å². The Labute approximate surface area is 131 Å². The van der Waals surface area contributed by atoms with E-state index in [4.69, 9.17) is 5.73 Å². The number of benzene rings is 2. The number of nitrogen functional groups attached to an aromatic ring is 1. The third-order valence-corrected chi connectivity index (χ3v) is 4.07. The third kappa shape index (κ3) is 4.32. The van der Waals surface area contributed by atoms with Crippen molar-refractivity contribution in [3.8, 4) is 0 Å². The van der Waals surface area contributed by atoms with Gasteiger partial charge in [0, 0.05) is 17.8 Å². The minimum atomic E-state index is -0.363. The van der Waals surface area contributed by atoms with E-state index in [1.54, 1.807) is 12.1 Å². The first-order valence-electron chi connectivity index (χ1n) is 7.53. The van der Waals surface area contributed by atoms with Crippen LogP contribution in [-0.2, 0) is 12.8 Å². The average molecular weight is 298 g/mol. The van der Waals surface area contributed by atoms with E-state index in [1.165, 1.54) is 5.56 Å². The zero-order valence-corrected chi connectivity index (χ0v) is 13.0. The van der Waals surface area contributed by atoms with Gasteiger partial charge in [0.25, 0.3) is 5.69 Å². The number of nitro benzene ring substituents is 1. The van der Waals surface area contributed by atoms with E-state index in [0.717, 1.165) is 24.1 Å². The number of nitrogens with zero attached hydrogens (tertiary/aromatic N) is 1. The van der Waals surface area contributed by atoms with Crippen LogP contribution in [-0.4, -0.2) is 4.92 Å². The van der Waals surface area contributed by atoms with Gasteiger partial charge in [-0.15, -0.1) is 0 Å². The molecule has 2 rings (SSSR count).